The predicted molar refractivity (Wildman–Crippen MR) is 67.6 cm³/mol. The number of benzene rings is 1. The lowest BCUT2D eigenvalue weighted by atomic mass is 10.3. The highest BCUT2D eigenvalue weighted by molar-refractivity contribution is 6.05. The van der Waals surface area contributed by atoms with Crippen LogP contribution < -0.4 is 10.6 Å². The molecule has 2 aromatic rings. The van der Waals surface area contributed by atoms with Gasteiger partial charge in [0.15, 0.2) is 0 Å². The number of hydrogen-bond acceptors (Lipinski definition) is 4. The zero-order chi connectivity index (χ0) is 12.7. The quantitative estimate of drug-likeness (QED) is 0.737. The fourth-order valence-corrected chi connectivity index (χ4v) is 1.93. The topological polar surface area (TPSA) is 67.6 Å². The van der Waals surface area contributed by atoms with Crippen LogP contribution in [0.1, 0.15) is 6.42 Å². The van der Waals surface area contributed by atoms with Crippen molar-refractivity contribution in [1.29, 1.82) is 0 Å². The van der Waals surface area contributed by atoms with Crippen LogP contribution in [0.15, 0.2) is 34.2 Å². The lowest BCUT2D eigenvalue weighted by Gasteiger charge is -2.12. The van der Waals surface area contributed by atoms with Gasteiger partial charge in [-0.3, -0.25) is 9.59 Å². The van der Waals surface area contributed by atoms with Gasteiger partial charge in [-0.15, -0.1) is 0 Å². The molecule has 6 heteroatoms. The van der Waals surface area contributed by atoms with E-state index < -0.39 is 0 Å². The van der Waals surface area contributed by atoms with E-state index in [4.69, 9.17) is 0 Å². The van der Waals surface area contributed by atoms with Crippen molar-refractivity contribution in [1.82, 2.24) is 9.55 Å². The summed E-state index contributed by atoms with van der Waals surface area (Å²) in [6.45, 7) is 0. The summed E-state index contributed by atoms with van der Waals surface area (Å²) in [7, 11) is 1.65. The summed E-state index contributed by atoms with van der Waals surface area (Å²) >= 11 is 0. The number of aromatic nitrogens is 2. The van der Waals surface area contributed by atoms with Gasteiger partial charge in [0.1, 0.15) is 0 Å². The zero-order valence-corrected chi connectivity index (χ0v) is 9.70. The molecule has 18 heavy (non-hydrogen) atoms. The molecule has 0 radical (unpaired) electrons. The highest BCUT2D eigenvalue weighted by Gasteiger charge is 2.24. The van der Waals surface area contributed by atoms with Gasteiger partial charge in [0.05, 0.1) is 17.5 Å². The first-order valence-corrected chi connectivity index (χ1v) is 5.49. The van der Waals surface area contributed by atoms with Crippen molar-refractivity contribution in [3.63, 3.8) is 0 Å². The molecule has 1 amide bonds. The minimum atomic E-state index is -0.332. The van der Waals surface area contributed by atoms with Gasteiger partial charge in [-0.05, 0) is 12.1 Å². The van der Waals surface area contributed by atoms with Gasteiger partial charge in [0.2, 0.25) is 5.82 Å². The minimum Gasteiger partial charge on any atom is -0.307 e. The molecule has 0 aliphatic carbocycles. The van der Waals surface area contributed by atoms with E-state index in [9.17, 15) is 9.59 Å². The molecule has 1 aliphatic heterocycles. The van der Waals surface area contributed by atoms with Crippen LogP contribution in [-0.4, -0.2) is 21.7 Å². The summed E-state index contributed by atoms with van der Waals surface area (Å²) in [5.74, 6) is -0.190. The maximum absolute atomic E-state index is 12.1. The van der Waals surface area contributed by atoms with Crippen molar-refractivity contribution in [2.24, 2.45) is 12.1 Å². The Hall–Kier alpha value is -2.50. The highest BCUT2D eigenvalue weighted by atomic mass is 16.2. The zero-order valence-electron chi connectivity index (χ0n) is 9.70. The van der Waals surface area contributed by atoms with Crippen LogP contribution in [0.2, 0.25) is 0 Å². The Morgan fingerprint density at radius 1 is 1.22 bits per heavy atom. The third kappa shape index (κ3) is 1.42. The van der Waals surface area contributed by atoms with Crippen molar-refractivity contribution in [2.45, 2.75) is 6.42 Å². The summed E-state index contributed by atoms with van der Waals surface area (Å²) in [5.41, 5.74) is 1.05. The van der Waals surface area contributed by atoms with Crippen LogP contribution in [0.5, 0.6) is 0 Å². The van der Waals surface area contributed by atoms with Crippen LogP contribution in [0, 0.1) is 0 Å². The van der Waals surface area contributed by atoms with Crippen LogP contribution >= 0.6 is 0 Å². The lowest BCUT2D eigenvalue weighted by Crippen LogP contribution is -2.31. The van der Waals surface area contributed by atoms with E-state index in [1.807, 2.05) is 18.2 Å². The van der Waals surface area contributed by atoms with Crippen molar-refractivity contribution in [3.8, 4) is 0 Å². The second kappa shape index (κ2) is 3.76. The molecule has 0 N–H and O–H groups in total. The fourth-order valence-electron chi connectivity index (χ4n) is 1.93. The maximum atomic E-state index is 12.1. The average Bonchev–Trinajstić information content (AvgIpc) is 2.80. The third-order valence-electron chi connectivity index (χ3n) is 2.87. The van der Waals surface area contributed by atoms with E-state index >= 15 is 0 Å². The first-order valence-electron chi connectivity index (χ1n) is 5.49. The molecular formula is C12H10N4O2. The van der Waals surface area contributed by atoms with E-state index in [-0.39, 0.29) is 23.7 Å². The number of fused-ring (bicyclic) bond motifs is 1. The number of anilines is 1. The van der Waals surface area contributed by atoms with Crippen LogP contribution in [0.4, 0.5) is 5.82 Å². The molecule has 90 valence electrons. The molecule has 6 nitrogen and oxygen atoms in total. The Balaban J connectivity index is 2.31. The largest absolute Gasteiger partial charge is 0.307 e. The fraction of sp³-hybridized carbons (Fsp3) is 0.167. The molecule has 3 rings (SSSR count). The summed E-state index contributed by atoms with van der Waals surface area (Å²) in [4.78, 5) is 28.0. The lowest BCUT2D eigenvalue weighted by molar-refractivity contribution is -0.116. The number of aryl methyl sites for hydroxylation is 1. The minimum absolute atomic E-state index is 0.0509. The van der Waals surface area contributed by atoms with Gasteiger partial charge in [0, 0.05) is 13.3 Å². The van der Waals surface area contributed by atoms with E-state index in [1.54, 1.807) is 13.1 Å². The molecule has 1 aromatic carbocycles. The number of rotatable bonds is 1. The van der Waals surface area contributed by atoms with Crippen LogP contribution in [-0.2, 0) is 11.8 Å². The number of para-hydroxylation sites is 2. The molecule has 0 fully saturated rings. The molecular weight excluding hydrogens is 232 g/mol. The average molecular weight is 242 g/mol. The summed E-state index contributed by atoms with van der Waals surface area (Å²) in [6, 6.07) is 7.27. The second-order valence-corrected chi connectivity index (χ2v) is 4.00. The monoisotopic (exact) mass is 242 g/mol. The number of amides is 1. The van der Waals surface area contributed by atoms with Gasteiger partial charge >= 0.3 is 0 Å². The van der Waals surface area contributed by atoms with Crippen molar-refractivity contribution in [2.75, 3.05) is 5.01 Å². The summed E-state index contributed by atoms with van der Waals surface area (Å²) in [5, 5.41) is 4.94. The first-order chi connectivity index (χ1) is 8.68. The standard InChI is InChI=1S/C12H10N4O2/c1-15-9-5-3-2-4-8(9)14-11(12(15)18)16-10(17)6-7-13-16/h2-5,7H,6H2,1H3. The Morgan fingerprint density at radius 2 is 2.00 bits per heavy atom. The Kier molecular flexibility index (Phi) is 2.22. The molecule has 1 aromatic heterocycles. The van der Waals surface area contributed by atoms with Gasteiger partial charge < -0.3 is 4.57 Å². The van der Waals surface area contributed by atoms with Crippen molar-refractivity contribution >= 4 is 29.0 Å². The number of nitrogens with zero attached hydrogens (tertiary/aromatic N) is 4. The molecule has 0 unspecified atom stereocenters. The summed E-state index contributed by atoms with van der Waals surface area (Å²) < 4.78 is 1.47. The normalized spacial score (nSPS) is 14.7. The Bertz CT molecular complexity index is 732. The number of carbonyl (C=O) groups is 1. The Labute approximate surface area is 102 Å². The molecule has 0 saturated heterocycles. The molecule has 0 bridgehead atoms. The van der Waals surface area contributed by atoms with Gasteiger partial charge in [-0.25, -0.2) is 4.98 Å². The SMILES string of the molecule is Cn1c(=O)c(N2N=CCC2=O)nc2ccccc21. The third-order valence-corrected chi connectivity index (χ3v) is 2.87. The van der Waals surface area contributed by atoms with Gasteiger partial charge in [-0.1, -0.05) is 12.1 Å². The number of hydrogen-bond donors (Lipinski definition) is 0. The molecule has 2 heterocycles. The number of hydrazone groups is 1. The van der Waals surface area contributed by atoms with E-state index in [2.05, 4.69) is 10.1 Å². The highest BCUT2D eigenvalue weighted by Crippen LogP contribution is 2.16. The number of carbonyl (C=O) groups excluding carboxylic acids is 1. The smallest absolute Gasteiger partial charge is 0.296 e. The molecule has 0 saturated carbocycles. The molecule has 0 atom stereocenters. The predicted octanol–water partition coefficient (Wildman–Crippen LogP) is 0.656. The second-order valence-electron chi connectivity index (χ2n) is 4.00. The van der Waals surface area contributed by atoms with E-state index in [0.29, 0.717) is 5.52 Å². The van der Waals surface area contributed by atoms with E-state index in [1.165, 1.54) is 10.8 Å². The van der Waals surface area contributed by atoms with Crippen molar-refractivity contribution < 1.29 is 4.79 Å². The molecule has 1 aliphatic rings. The van der Waals surface area contributed by atoms with E-state index in [0.717, 1.165) is 10.5 Å². The van der Waals surface area contributed by atoms with Gasteiger partial charge in [0.25, 0.3) is 11.5 Å². The first kappa shape index (κ1) is 10.6. The Morgan fingerprint density at radius 3 is 2.72 bits per heavy atom. The van der Waals surface area contributed by atoms with Crippen LogP contribution in [0.3, 0.4) is 0 Å². The van der Waals surface area contributed by atoms with Gasteiger partial charge in [-0.2, -0.15) is 10.1 Å². The van der Waals surface area contributed by atoms with Crippen molar-refractivity contribution in [3.05, 3.63) is 34.6 Å². The molecule has 0 spiro atoms. The maximum Gasteiger partial charge on any atom is 0.296 e. The summed E-state index contributed by atoms with van der Waals surface area (Å²) in [6.07, 6.45) is 1.68. The van der Waals surface area contributed by atoms with Crippen LogP contribution in [0.25, 0.3) is 11.0 Å².